The molecule has 2 heterocycles. The van der Waals surface area contributed by atoms with Gasteiger partial charge < -0.3 is 4.57 Å². The highest BCUT2D eigenvalue weighted by Crippen LogP contribution is 2.27. The maximum Gasteiger partial charge on any atom is 0.128 e. The molecule has 1 aromatic carbocycles. The lowest BCUT2D eigenvalue weighted by molar-refractivity contribution is 0.731. The number of nitrogens with zero attached hydrogens (tertiary/aromatic N) is 4. The maximum absolute atomic E-state index is 9.19. The lowest BCUT2D eigenvalue weighted by Crippen LogP contribution is -2.05. The molecule has 100 valence electrons. The zero-order valence-electron chi connectivity index (χ0n) is 10.7. The fraction of sp³-hybridized carbons (Fsp3) is 0.214. The molecule has 4 nitrogen and oxygen atoms in total. The molecule has 0 N–H and O–H groups in total. The molecule has 2 aromatic heterocycles. The number of aromatic nitrogens is 3. The molecule has 3 rings (SSSR count). The first-order valence-electron chi connectivity index (χ1n) is 6.11. The van der Waals surface area contributed by atoms with Gasteiger partial charge in [0.15, 0.2) is 0 Å². The van der Waals surface area contributed by atoms with Crippen LogP contribution in [0, 0.1) is 11.3 Å². The molecule has 20 heavy (non-hydrogen) atoms. The van der Waals surface area contributed by atoms with Crippen LogP contribution in [0.1, 0.15) is 29.4 Å². The summed E-state index contributed by atoms with van der Waals surface area (Å²) in [6.07, 6.45) is 0. The number of rotatable bonds is 3. The monoisotopic (exact) mass is 302 g/mol. The van der Waals surface area contributed by atoms with E-state index in [-0.39, 0.29) is 5.38 Å². The van der Waals surface area contributed by atoms with Gasteiger partial charge in [0.1, 0.15) is 17.4 Å². The van der Waals surface area contributed by atoms with Crippen LogP contribution in [0.5, 0.6) is 0 Å². The smallest absolute Gasteiger partial charge is 0.128 e. The Hall–Kier alpha value is -1.90. The number of fused-ring (bicyclic) bond motifs is 1. The summed E-state index contributed by atoms with van der Waals surface area (Å²) in [5.74, 6) is 0.761. The summed E-state index contributed by atoms with van der Waals surface area (Å²) in [5.41, 5.74) is 4.96. The Labute approximate surface area is 125 Å². The van der Waals surface area contributed by atoms with Gasteiger partial charge in [-0.15, -0.1) is 22.9 Å². The molecule has 0 aliphatic carbocycles. The maximum atomic E-state index is 9.19. The predicted molar refractivity (Wildman–Crippen MR) is 79.9 cm³/mol. The van der Waals surface area contributed by atoms with Crippen molar-refractivity contribution in [1.29, 1.82) is 5.26 Å². The molecule has 6 heteroatoms. The molecular weight excluding hydrogens is 292 g/mol. The van der Waals surface area contributed by atoms with Crippen molar-refractivity contribution >= 4 is 34.0 Å². The Morgan fingerprint density at radius 1 is 1.50 bits per heavy atom. The molecule has 0 aliphatic rings. The van der Waals surface area contributed by atoms with E-state index in [0.29, 0.717) is 17.6 Å². The fourth-order valence-electron chi connectivity index (χ4n) is 2.20. The summed E-state index contributed by atoms with van der Waals surface area (Å²) >= 11 is 7.79. The first-order valence-corrected chi connectivity index (χ1v) is 7.49. The van der Waals surface area contributed by atoms with Crippen molar-refractivity contribution in [2.24, 2.45) is 0 Å². The largest absolute Gasteiger partial charge is 0.321 e. The van der Waals surface area contributed by atoms with Gasteiger partial charge in [-0.3, -0.25) is 0 Å². The third-order valence-electron chi connectivity index (χ3n) is 3.09. The number of thiazole rings is 1. The van der Waals surface area contributed by atoms with Gasteiger partial charge in [0.05, 0.1) is 34.2 Å². The summed E-state index contributed by atoms with van der Waals surface area (Å²) < 4.78 is 2.03. The van der Waals surface area contributed by atoms with Gasteiger partial charge >= 0.3 is 0 Å². The molecular formula is C14H11ClN4S. The van der Waals surface area contributed by atoms with E-state index in [2.05, 4.69) is 16.0 Å². The second kappa shape index (κ2) is 5.23. The van der Waals surface area contributed by atoms with E-state index in [1.54, 1.807) is 22.9 Å². The second-order valence-electron chi connectivity index (χ2n) is 4.44. The molecule has 0 spiro atoms. The van der Waals surface area contributed by atoms with Crippen molar-refractivity contribution in [3.05, 3.63) is 46.2 Å². The minimum absolute atomic E-state index is 0.229. The van der Waals surface area contributed by atoms with Gasteiger partial charge in [-0.25, -0.2) is 9.97 Å². The normalized spacial score (nSPS) is 12.4. The minimum Gasteiger partial charge on any atom is -0.321 e. The fourth-order valence-corrected chi connectivity index (χ4v) is 2.92. The van der Waals surface area contributed by atoms with E-state index in [4.69, 9.17) is 11.6 Å². The van der Waals surface area contributed by atoms with Crippen LogP contribution in [0.25, 0.3) is 11.0 Å². The number of nitriles is 1. The van der Waals surface area contributed by atoms with Crippen molar-refractivity contribution in [3.8, 4) is 6.07 Å². The summed E-state index contributed by atoms with van der Waals surface area (Å²) in [4.78, 5) is 8.85. The number of imidazole rings is 1. The third-order valence-corrected chi connectivity index (χ3v) is 3.92. The molecule has 0 bridgehead atoms. The van der Waals surface area contributed by atoms with Crippen LogP contribution in [-0.2, 0) is 6.54 Å². The number of hydrogen-bond acceptors (Lipinski definition) is 4. The van der Waals surface area contributed by atoms with Crippen LogP contribution in [0.15, 0.2) is 29.1 Å². The average molecular weight is 303 g/mol. The lowest BCUT2D eigenvalue weighted by atomic mass is 10.2. The zero-order valence-corrected chi connectivity index (χ0v) is 12.3. The van der Waals surface area contributed by atoms with Crippen LogP contribution in [0.4, 0.5) is 0 Å². The lowest BCUT2D eigenvalue weighted by Gasteiger charge is -2.08. The Balaban J connectivity index is 2.22. The van der Waals surface area contributed by atoms with Gasteiger partial charge in [0.25, 0.3) is 0 Å². The van der Waals surface area contributed by atoms with E-state index in [0.717, 1.165) is 17.0 Å². The molecule has 3 aromatic rings. The summed E-state index contributed by atoms with van der Waals surface area (Å²) in [7, 11) is 0. The summed E-state index contributed by atoms with van der Waals surface area (Å²) in [5, 5.41) is 11.0. The third kappa shape index (κ3) is 2.17. The predicted octanol–water partition coefficient (Wildman–Crippen LogP) is 3.71. The van der Waals surface area contributed by atoms with E-state index >= 15 is 0 Å². The van der Waals surface area contributed by atoms with E-state index in [1.165, 1.54) is 0 Å². The number of hydrogen-bond donors (Lipinski definition) is 0. The number of para-hydroxylation sites is 1. The van der Waals surface area contributed by atoms with Crippen LogP contribution in [-0.4, -0.2) is 14.5 Å². The van der Waals surface area contributed by atoms with E-state index in [9.17, 15) is 5.26 Å². The van der Waals surface area contributed by atoms with Gasteiger partial charge in [0.2, 0.25) is 0 Å². The average Bonchev–Trinajstić information content (AvgIpc) is 3.07. The quantitative estimate of drug-likeness (QED) is 0.693. The van der Waals surface area contributed by atoms with Gasteiger partial charge in [0, 0.05) is 5.38 Å². The standard InChI is InChI=1S/C14H11ClN4S/c1-9(15)14-18-13-10(5-16)3-2-4-12(13)19(14)6-11-7-20-8-17-11/h2-4,7-9H,6H2,1H3. The van der Waals surface area contributed by atoms with Crippen LogP contribution in [0.2, 0.25) is 0 Å². The van der Waals surface area contributed by atoms with Gasteiger partial charge in [-0.1, -0.05) is 6.07 Å². The van der Waals surface area contributed by atoms with Crippen molar-refractivity contribution < 1.29 is 0 Å². The molecule has 1 atom stereocenters. The second-order valence-corrected chi connectivity index (χ2v) is 5.81. The molecule has 0 fully saturated rings. The first-order chi connectivity index (χ1) is 9.70. The topological polar surface area (TPSA) is 54.5 Å². The number of halogens is 1. The highest BCUT2D eigenvalue weighted by Gasteiger charge is 2.17. The molecule has 1 unspecified atom stereocenters. The zero-order chi connectivity index (χ0) is 14.1. The Morgan fingerprint density at radius 3 is 3.00 bits per heavy atom. The van der Waals surface area contributed by atoms with Crippen LogP contribution >= 0.6 is 22.9 Å². The minimum atomic E-state index is -0.229. The van der Waals surface area contributed by atoms with E-state index < -0.39 is 0 Å². The summed E-state index contributed by atoms with van der Waals surface area (Å²) in [6.45, 7) is 2.49. The van der Waals surface area contributed by atoms with Crippen molar-refractivity contribution in [1.82, 2.24) is 14.5 Å². The summed E-state index contributed by atoms with van der Waals surface area (Å²) in [6, 6.07) is 7.77. The van der Waals surface area contributed by atoms with Crippen molar-refractivity contribution in [2.75, 3.05) is 0 Å². The Kier molecular flexibility index (Phi) is 3.43. The van der Waals surface area contributed by atoms with Crippen molar-refractivity contribution in [2.45, 2.75) is 18.8 Å². The number of alkyl halides is 1. The highest BCUT2D eigenvalue weighted by atomic mass is 35.5. The number of benzene rings is 1. The van der Waals surface area contributed by atoms with Crippen LogP contribution in [0.3, 0.4) is 0 Å². The first kappa shape index (κ1) is 13.1. The molecule has 0 radical (unpaired) electrons. The molecule has 0 amide bonds. The molecule has 0 saturated heterocycles. The van der Waals surface area contributed by atoms with Crippen LogP contribution < -0.4 is 0 Å². The van der Waals surface area contributed by atoms with Gasteiger partial charge in [-0.2, -0.15) is 5.26 Å². The SMILES string of the molecule is CC(Cl)c1nc2c(C#N)cccc2n1Cc1cscn1. The Morgan fingerprint density at radius 2 is 2.35 bits per heavy atom. The van der Waals surface area contributed by atoms with E-state index in [1.807, 2.05) is 29.0 Å². The molecule has 0 aliphatic heterocycles. The van der Waals surface area contributed by atoms with Crippen molar-refractivity contribution in [3.63, 3.8) is 0 Å². The Bertz CT molecular complexity index is 783. The molecule has 0 saturated carbocycles. The highest BCUT2D eigenvalue weighted by molar-refractivity contribution is 7.07. The van der Waals surface area contributed by atoms with Gasteiger partial charge in [-0.05, 0) is 19.1 Å².